The fourth-order valence-corrected chi connectivity index (χ4v) is 3.85. The van der Waals surface area contributed by atoms with Crippen LogP contribution in [0.2, 0.25) is 0 Å². The smallest absolute Gasteiger partial charge is 0.0912 e. The second-order valence-corrected chi connectivity index (χ2v) is 8.38. The molecule has 0 amide bonds. The summed E-state index contributed by atoms with van der Waals surface area (Å²) in [4.78, 5) is 0. The van der Waals surface area contributed by atoms with E-state index in [1.165, 1.54) is 5.56 Å². The van der Waals surface area contributed by atoms with Crippen LogP contribution in [0.25, 0.3) is 0 Å². The quantitative estimate of drug-likeness (QED) is 0.850. The number of hydrogen-bond donors (Lipinski definition) is 1. The van der Waals surface area contributed by atoms with Gasteiger partial charge in [-0.1, -0.05) is 81.4 Å². The first-order valence-corrected chi connectivity index (χ1v) is 8.28. The Labute approximate surface area is 132 Å². The molecule has 1 N–H and O–H groups in total. The SMILES string of the molecule is CC(C)(C)S[C@@H](Cc1ccccc1)[C@H](O)c1ccccc1. The van der Waals surface area contributed by atoms with Crippen LogP contribution < -0.4 is 0 Å². The Hall–Kier alpha value is -1.25. The average molecular weight is 300 g/mol. The maximum absolute atomic E-state index is 10.8. The molecule has 2 heteroatoms. The number of thioether (sulfide) groups is 1. The predicted molar refractivity (Wildman–Crippen MR) is 92.7 cm³/mol. The molecule has 0 aromatic heterocycles. The van der Waals surface area contributed by atoms with Crippen LogP contribution in [0.3, 0.4) is 0 Å². The van der Waals surface area contributed by atoms with Crippen LogP contribution in [-0.4, -0.2) is 15.1 Å². The first kappa shape index (κ1) is 16.1. The van der Waals surface area contributed by atoms with Crippen LogP contribution in [0.1, 0.15) is 38.0 Å². The average Bonchev–Trinajstić information content (AvgIpc) is 2.46. The summed E-state index contributed by atoms with van der Waals surface area (Å²) in [6.07, 6.45) is 0.425. The lowest BCUT2D eigenvalue weighted by Crippen LogP contribution is -2.24. The molecule has 0 aliphatic heterocycles. The third-order valence-corrected chi connectivity index (χ3v) is 4.71. The first-order valence-electron chi connectivity index (χ1n) is 7.40. The Kier molecular flexibility index (Phi) is 5.49. The van der Waals surface area contributed by atoms with Gasteiger partial charge < -0.3 is 5.11 Å². The molecule has 0 heterocycles. The molecule has 0 unspecified atom stereocenters. The van der Waals surface area contributed by atoms with Crippen LogP contribution in [0.15, 0.2) is 60.7 Å². The maximum atomic E-state index is 10.8. The van der Waals surface area contributed by atoms with E-state index in [0.717, 1.165) is 12.0 Å². The Morgan fingerprint density at radius 1 is 0.905 bits per heavy atom. The molecule has 0 saturated carbocycles. The van der Waals surface area contributed by atoms with E-state index >= 15 is 0 Å². The Balaban J connectivity index is 2.19. The van der Waals surface area contributed by atoms with Gasteiger partial charge in [0.05, 0.1) is 6.10 Å². The predicted octanol–water partition coefficient (Wildman–Crippen LogP) is 4.86. The third-order valence-electron chi connectivity index (χ3n) is 3.28. The van der Waals surface area contributed by atoms with E-state index in [9.17, 15) is 5.11 Å². The van der Waals surface area contributed by atoms with Crippen LogP contribution in [0.5, 0.6) is 0 Å². The maximum Gasteiger partial charge on any atom is 0.0912 e. The van der Waals surface area contributed by atoms with Crippen molar-refractivity contribution in [3.8, 4) is 0 Å². The fourth-order valence-electron chi connectivity index (χ4n) is 2.38. The molecule has 0 aliphatic carbocycles. The summed E-state index contributed by atoms with van der Waals surface area (Å²) in [5.41, 5.74) is 2.27. The Morgan fingerprint density at radius 3 is 1.95 bits per heavy atom. The van der Waals surface area contributed by atoms with E-state index in [0.29, 0.717) is 0 Å². The van der Waals surface area contributed by atoms with Gasteiger partial charge in [0.25, 0.3) is 0 Å². The third kappa shape index (κ3) is 5.22. The minimum Gasteiger partial charge on any atom is -0.387 e. The van der Waals surface area contributed by atoms with Crippen molar-refractivity contribution in [1.29, 1.82) is 0 Å². The van der Waals surface area contributed by atoms with Crippen molar-refractivity contribution in [1.82, 2.24) is 0 Å². The lowest BCUT2D eigenvalue weighted by molar-refractivity contribution is 0.173. The summed E-state index contributed by atoms with van der Waals surface area (Å²) in [5.74, 6) is 0. The van der Waals surface area contributed by atoms with Crippen molar-refractivity contribution in [2.45, 2.75) is 43.3 Å². The highest BCUT2D eigenvalue weighted by Crippen LogP contribution is 2.37. The van der Waals surface area contributed by atoms with Gasteiger partial charge in [0, 0.05) is 10.00 Å². The lowest BCUT2D eigenvalue weighted by atomic mass is 10.0. The van der Waals surface area contributed by atoms with E-state index in [1.807, 2.05) is 48.2 Å². The minimum atomic E-state index is -0.448. The zero-order valence-electron chi connectivity index (χ0n) is 13.0. The number of hydrogen-bond acceptors (Lipinski definition) is 2. The number of rotatable bonds is 5. The van der Waals surface area contributed by atoms with E-state index in [4.69, 9.17) is 0 Å². The summed E-state index contributed by atoms with van der Waals surface area (Å²) in [6.45, 7) is 6.61. The fraction of sp³-hybridized carbons (Fsp3) is 0.368. The summed E-state index contributed by atoms with van der Waals surface area (Å²) >= 11 is 1.85. The first-order chi connectivity index (χ1) is 9.96. The molecule has 1 nitrogen and oxygen atoms in total. The van der Waals surface area contributed by atoms with Crippen LogP contribution in [-0.2, 0) is 6.42 Å². The Morgan fingerprint density at radius 2 is 1.43 bits per heavy atom. The van der Waals surface area contributed by atoms with Crippen molar-refractivity contribution in [2.24, 2.45) is 0 Å². The zero-order chi connectivity index (χ0) is 15.3. The molecule has 2 atom stereocenters. The highest BCUT2D eigenvalue weighted by Gasteiger charge is 2.27. The van der Waals surface area contributed by atoms with Crippen LogP contribution in [0, 0.1) is 0 Å². The highest BCUT2D eigenvalue weighted by atomic mass is 32.2. The molecule has 2 aromatic rings. The normalized spacial score (nSPS) is 14.7. The molecule has 21 heavy (non-hydrogen) atoms. The largest absolute Gasteiger partial charge is 0.387 e. The van der Waals surface area contributed by atoms with Gasteiger partial charge >= 0.3 is 0 Å². The molecule has 0 aliphatic rings. The molecular formula is C19H24OS. The van der Waals surface area contributed by atoms with Crippen molar-refractivity contribution in [2.75, 3.05) is 0 Å². The molecule has 0 fully saturated rings. The number of benzene rings is 2. The summed E-state index contributed by atoms with van der Waals surface area (Å²) < 4.78 is 0.120. The monoisotopic (exact) mass is 300 g/mol. The molecular weight excluding hydrogens is 276 g/mol. The van der Waals surface area contributed by atoms with E-state index in [-0.39, 0.29) is 10.00 Å². The molecule has 0 bridgehead atoms. The van der Waals surface area contributed by atoms with Gasteiger partial charge in [-0.25, -0.2) is 0 Å². The van der Waals surface area contributed by atoms with Gasteiger partial charge in [0.2, 0.25) is 0 Å². The second-order valence-electron chi connectivity index (χ2n) is 6.31. The van der Waals surface area contributed by atoms with Crippen molar-refractivity contribution < 1.29 is 5.11 Å². The molecule has 0 saturated heterocycles. The summed E-state index contributed by atoms with van der Waals surface area (Å²) in [6, 6.07) is 20.4. The van der Waals surface area contributed by atoms with Gasteiger partial charge in [-0.2, -0.15) is 0 Å². The van der Waals surface area contributed by atoms with Crippen molar-refractivity contribution in [3.63, 3.8) is 0 Å². The van der Waals surface area contributed by atoms with Crippen LogP contribution in [0.4, 0.5) is 0 Å². The second kappa shape index (κ2) is 7.15. The lowest BCUT2D eigenvalue weighted by Gasteiger charge is -2.29. The Bertz CT molecular complexity index is 530. The van der Waals surface area contributed by atoms with Gasteiger partial charge in [-0.15, -0.1) is 11.8 Å². The topological polar surface area (TPSA) is 20.2 Å². The van der Waals surface area contributed by atoms with Crippen LogP contribution >= 0.6 is 11.8 Å². The van der Waals surface area contributed by atoms with Gasteiger partial charge in [-0.3, -0.25) is 0 Å². The van der Waals surface area contributed by atoms with Gasteiger partial charge in [-0.05, 0) is 17.5 Å². The zero-order valence-corrected chi connectivity index (χ0v) is 13.8. The van der Waals surface area contributed by atoms with E-state index in [2.05, 4.69) is 45.0 Å². The number of aliphatic hydroxyl groups is 1. The minimum absolute atomic E-state index is 0.120. The van der Waals surface area contributed by atoms with Gasteiger partial charge in [0.1, 0.15) is 0 Å². The molecule has 2 aromatic carbocycles. The highest BCUT2D eigenvalue weighted by molar-refractivity contribution is 8.01. The molecule has 112 valence electrons. The summed E-state index contributed by atoms with van der Waals surface area (Å²) in [7, 11) is 0. The van der Waals surface area contributed by atoms with E-state index in [1.54, 1.807) is 0 Å². The van der Waals surface area contributed by atoms with Gasteiger partial charge in [0.15, 0.2) is 0 Å². The molecule has 2 rings (SSSR count). The van der Waals surface area contributed by atoms with Crippen molar-refractivity contribution in [3.05, 3.63) is 71.8 Å². The number of aliphatic hydroxyl groups excluding tert-OH is 1. The van der Waals surface area contributed by atoms with E-state index < -0.39 is 6.10 Å². The molecule has 0 spiro atoms. The molecule has 0 radical (unpaired) electrons. The van der Waals surface area contributed by atoms with Crippen molar-refractivity contribution >= 4 is 11.8 Å². The summed E-state index contributed by atoms with van der Waals surface area (Å²) in [5, 5.41) is 10.9. The standard InChI is InChI=1S/C19H24OS/c1-19(2,3)21-17(14-15-10-6-4-7-11-15)18(20)16-12-8-5-9-13-16/h4-13,17-18,20H,14H2,1-3H3/t17-,18+/m0/s1.